The predicted molar refractivity (Wildman–Crippen MR) is 83.4 cm³/mol. The van der Waals surface area contributed by atoms with E-state index in [1.807, 2.05) is 13.8 Å². The summed E-state index contributed by atoms with van der Waals surface area (Å²) in [5.74, 6) is -1.96. The molecule has 0 spiro atoms. The predicted octanol–water partition coefficient (Wildman–Crippen LogP) is -0.699. The molecule has 1 rings (SSSR count). The van der Waals surface area contributed by atoms with Crippen LogP contribution >= 0.6 is 0 Å². The number of likely N-dealkylation sites (tertiary alicyclic amines) is 1. The first-order valence-electron chi connectivity index (χ1n) is 7.92. The number of carboxylic acids is 1. The maximum Gasteiger partial charge on any atom is 0.326 e. The summed E-state index contributed by atoms with van der Waals surface area (Å²) in [4.78, 5) is 37.2. The Labute approximate surface area is 136 Å². The number of aliphatic carboxylic acids is 1. The fourth-order valence-electron chi connectivity index (χ4n) is 2.66. The first-order valence-corrected chi connectivity index (χ1v) is 7.92. The molecular formula is C15H27N3O5. The topological polar surface area (TPSA) is 133 Å². The Bertz CT molecular complexity index is 452. The molecule has 0 unspecified atom stereocenters. The lowest BCUT2D eigenvalue weighted by molar-refractivity contribution is -0.145. The van der Waals surface area contributed by atoms with Gasteiger partial charge >= 0.3 is 5.97 Å². The molecule has 1 aliphatic rings. The average Bonchev–Trinajstić information content (AvgIpc) is 2.93. The minimum atomic E-state index is -1.09. The molecular weight excluding hydrogens is 302 g/mol. The number of hydrogen-bond donors (Lipinski definition) is 4. The Morgan fingerprint density at radius 1 is 1.30 bits per heavy atom. The number of nitrogens with one attached hydrogen (secondary N) is 1. The van der Waals surface area contributed by atoms with Crippen LogP contribution < -0.4 is 11.1 Å². The van der Waals surface area contributed by atoms with Gasteiger partial charge in [0.2, 0.25) is 11.8 Å². The van der Waals surface area contributed by atoms with E-state index in [4.69, 9.17) is 5.73 Å². The molecule has 0 aromatic heterocycles. The number of nitrogens with two attached hydrogens (primary N) is 1. The number of carbonyl (C=O) groups excluding carboxylic acids is 2. The van der Waals surface area contributed by atoms with Gasteiger partial charge in [0.15, 0.2) is 0 Å². The fraction of sp³-hybridized carbons (Fsp3) is 0.800. The van der Waals surface area contributed by atoms with Gasteiger partial charge in [-0.25, -0.2) is 4.79 Å². The molecule has 23 heavy (non-hydrogen) atoms. The molecule has 8 nitrogen and oxygen atoms in total. The maximum atomic E-state index is 12.4. The number of amides is 2. The molecule has 1 heterocycles. The highest BCUT2D eigenvalue weighted by Crippen LogP contribution is 2.19. The molecule has 8 heteroatoms. The Kier molecular flexibility index (Phi) is 6.96. The highest BCUT2D eigenvalue weighted by atomic mass is 16.4. The van der Waals surface area contributed by atoms with Crippen LogP contribution in [0.25, 0.3) is 0 Å². The molecule has 1 saturated heterocycles. The van der Waals surface area contributed by atoms with E-state index in [0.29, 0.717) is 25.8 Å². The molecule has 5 N–H and O–H groups in total. The Balaban J connectivity index is 2.77. The Morgan fingerprint density at radius 3 is 2.39 bits per heavy atom. The monoisotopic (exact) mass is 329 g/mol. The second-order valence-electron chi connectivity index (χ2n) is 6.49. The lowest BCUT2D eigenvalue weighted by Crippen LogP contribution is -2.55. The normalized spacial score (nSPS) is 21.8. The van der Waals surface area contributed by atoms with Gasteiger partial charge in [-0.1, -0.05) is 13.8 Å². The van der Waals surface area contributed by atoms with Gasteiger partial charge < -0.3 is 26.2 Å². The van der Waals surface area contributed by atoms with Gasteiger partial charge in [-0.2, -0.15) is 0 Å². The standard InChI is InChI=1S/C15H27N3O5/c1-8(2)7-10(15(22)23)17-13(20)11-5-4-6-18(11)14(21)12(16)9(3)19/h8-12,19H,4-7,16H2,1-3H3,(H,17,20)(H,22,23)/t9-,10+,11+,12+/m1/s1. The van der Waals surface area contributed by atoms with E-state index >= 15 is 0 Å². The summed E-state index contributed by atoms with van der Waals surface area (Å²) in [6, 6.07) is -2.80. The van der Waals surface area contributed by atoms with Crippen LogP contribution in [0.3, 0.4) is 0 Å². The van der Waals surface area contributed by atoms with Crippen molar-refractivity contribution in [3.63, 3.8) is 0 Å². The molecule has 1 fully saturated rings. The number of aliphatic hydroxyl groups is 1. The van der Waals surface area contributed by atoms with Crippen molar-refractivity contribution in [2.24, 2.45) is 11.7 Å². The summed E-state index contributed by atoms with van der Waals surface area (Å²) >= 11 is 0. The molecule has 2 amide bonds. The summed E-state index contributed by atoms with van der Waals surface area (Å²) in [6.45, 7) is 5.53. The fourth-order valence-corrected chi connectivity index (χ4v) is 2.66. The van der Waals surface area contributed by atoms with Crippen LogP contribution in [-0.2, 0) is 14.4 Å². The van der Waals surface area contributed by atoms with Gasteiger partial charge in [-0.3, -0.25) is 9.59 Å². The second kappa shape index (κ2) is 8.26. The van der Waals surface area contributed by atoms with Gasteiger partial charge in [0.25, 0.3) is 0 Å². The van der Waals surface area contributed by atoms with Crippen molar-refractivity contribution in [1.82, 2.24) is 10.2 Å². The minimum Gasteiger partial charge on any atom is -0.480 e. The van der Waals surface area contributed by atoms with Crippen LogP contribution in [0.5, 0.6) is 0 Å². The van der Waals surface area contributed by atoms with Crippen LogP contribution in [0.15, 0.2) is 0 Å². The molecule has 0 saturated carbocycles. The zero-order chi connectivity index (χ0) is 17.7. The third kappa shape index (κ3) is 5.18. The van der Waals surface area contributed by atoms with Crippen molar-refractivity contribution in [1.29, 1.82) is 0 Å². The van der Waals surface area contributed by atoms with Crippen molar-refractivity contribution in [2.45, 2.75) is 64.3 Å². The van der Waals surface area contributed by atoms with Crippen LogP contribution in [0.1, 0.15) is 40.0 Å². The van der Waals surface area contributed by atoms with Crippen molar-refractivity contribution in [3.8, 4) is 0 Å². The van der Waals surface area contributed by atoms with E-state index in [2.05, 4.69) is 5.32 Å². The molecule has 0 aromatic rings. The van der Waals surface area contributed by atoms with Crippen molar-refractivity contribution in [3.05, 3.63) is 0 Å². The smallest absolute Gasteiger partial charge is 0.326 e. The van der Waals surface area contributed by atoms with E-state index in [1.165, 1.54) is 11.8 Å². The average molecular weight is 329 g/mol. The first-order chi connectivity index (χ1) is 10.6. The van der Waals surface area contributed by atoms with Crippen LogP contribution in [0.2, 0.25) is 0 Å². The summed E-state index contributed by atoms with van der Waals surface area (Å²) in [7, 11) is 0. The highest BCUT2D eigenvalue weighted by Gasteiger charge is 2.38. The van der Waals surface area contributed by atoms with Crippen molar-refractivity contribution >= 4 is 17.8 Å². The van der Waals surface area contributed by atoms with E-state index < -0.39 is 42.0 Å². The number of hydrogen-bond acceptors (Lipinski definition) is 5. The van der Waals surface area contributed by atoms with Crippen LogP contribution in [0, 0.1) is 5.92 Å². The molecule has 0 radical (unpaired) electrons. The lowest BCUT2D eigenvalue weighted by atomic mass is 10.0. The van der Waals surface area contributed by atoms with Crippen LogP contribution in [0.4, 0.5) is 0 Å². The molecule has 4 atom stereocenters. The number of nitrogens with zero attached hydrogens (tertiary/aromatic N) is 1. The van der Waals surface area contributed by atoms with E-state index in [-0.39, 0.29) is 5.92 Å². The zero-order valence-corrected chi connectivity index (χ0v) is 13.9. The quantitative estimate of drug-likeness (QED) is 0.488. The van der Waals surface area contributed by atoms with Gasteiger partial charge in [-0.05, 0) is 32.1 Å². The molecule has 0 bridgehead atoms. The molecule has 0 aliphatic carbocycles. The van der Waals surface area contributed by atoms with Gasteiger partial charge in [0, 0.05) is 6.54 Å². The summed E-state index contributed by atoms with van der Waals surface area (Å²) in [5.41, 5.74) is 5.65. The Morgan fingerprint density at radius 2 is 1.91 bits per heavy atom. The molecule has 132 valence electrons. The largest absolute Gasteiger partial charge is 0.480 e. The van der Waals surface area contributed by atoms with Gasteiger partial charge in [0.1, 0.15) is 18.1 Å². The first kappa shape index (κ1) is 19.4. The van der Waals surface area contributed by atoms with E-state index in [0.717, 1.165) is 0 Å². The third-order valence-corrected chi connectivity index (χ3v) is 3.97. The Hall–Kier alpha value is -1.67. The summed E-state index contributed by atoms with van der Waals surface area (Å²) < 4.78 is 0. The zero-order valence-electron chi connectivity index (χ0n) is 13.9. The van der Waals surface area contributed by atoms with Gasteiger partial charge in [0.05, 0.1) is 6.10 Å². The third-order valence-electron chi connectivity index (χ3n) is 3.97. The van der Waals surface area contributed by atoms with Crippen LogP contribution in [-0.4, -0.2) is 63.7 Å². The summed E-state index contributed by atoms with van der Waals surface area (Å²) in [6.07, 6.45) is 0.394. The maximum absolute atomic E-state index is 12.4. The number of rotatable bonds is 7. The number of carboxylic acid groups (broad SMARTS) is 1. The molecule has 0 aromatic carbocycles. The summed E-state index contributed by atoms with van der Waals surface area (Å²) in [5, 5.41) is 21.2. The van der Waals surface area contributed by atoms with Crippen molar-refractivity contribution < 1.29 is 24.6 Å². The minimum absolute atomic E-state index is 0.112. The van der Waals surface area contributed by atoms with Gasteiger partial charge in [-0.15, -0.1) is 0 Å². The van der Waals surface area contributed by atoms with E-state index in [9.17, 15) is 24.6 Å². The lowest BCUT2D eigenvalue weighted by Gasteiger charge is -2.28. The molecule has 1 aliphatic heterocycles. The number of aliphatic hydroxyl groups excluding tert-OH is 1. The highest BCUT2D eigenvalue weighted by molar-refractivity contribution is 5.92. The SMILES string of the molecule is CC(C)C[C@H](NC(=O)[C@@H]1CCCN1C(=O)[C@@H](N)[C@@H](C)O)C(=O)O. The second-order valence-corrected chi connectivity index (χ2v) is 6.49. The van der Waals surface area contributed by atoms with E-state index in [1.54, 1.807) is 0 Å². The number of carbonyl (C=O) groups is 3. The van der Waals surface area contributed by atoms with Crippen molar-refractivity contribution in [2.75, 3.05) is 6.54 Å².